The van der Waals surface area contributed by atoms with Gasteiger partial charge in [0.05, 0.1) is 0 Å². The predicted molar refractivity (Wildman–Crippen MR) is 105 cm³/mol. The summed E-state index contributed by atoms with van der Waals surface area (Å²) in [5, 5.41) is 0. The minimum absolute atomic E-state index is 0. The number of rotatable bonds is 3. The summed E-state index contributed by atoms with van der Waals surface area (Å²) in [6, 6.07) is 16.1. The Kier molecular flexibility index (Phi) is 6.47. The Morgan fingerprint density at radius 2 is 1.65 bits per heavy atom. The molecule has 2 aliphatic heterocycles. The summed E-state index contributed by atoms with van der Waals surface area (Å²) in [7, 11) is 0. The van der Waals surface area contributed by atoms with Crippen molar-refractivity contribution < 1.29 is 42.3 Å². The zero-order valence-electron chi connectivity index (χ0n) is 15.6. The zero-order valence-corrected chi connectivity index (χ0v) is 21.5. The molecule has 0 saturated carbocycles. The van der Waals surface area contributed by atoms with Crippen molar-refractivity contribution in [2.45, 2.75) is 48.1 Å². The molecule has 4 aliphatic rings. The summed E-state index contributed by atoms with van der Waals surface area (Å²) >= 11 is -2.24. The standard InChI is InChI=1S/C9H7.C8H11.C4H8Si2.2ClH.Zr/c1-2-5-9-7-3-6-8(9)4-1;1-7(2)8-5-3-4-6-8;1-2-6-4-3-5-1;;;/h1-7H;5-7H,3H2,1-2H3;1-4H2;2*1H;/q;;;;;+2/p-2. The molecule has 136 valence electrons. The summed E-state index contributed by atoms with van der Waals surface area (Å²) in [6.45, 7) is 4.76. The number of benzene rings is 1. The zero-order chi connectivity index (χ0) is 16.3. The fourth-order valence-corrected chi connectivity index (χ4v) is 83.1. The molecule has 0 amide bonds. The van der Waals surface area contributed by atoms with E-state index in [1.165, 1.54) is 6.42 Å². The fraction of sp³-hybridized carbons (Fsp3) is 0.429. The van der Waals surface area contributed by atoms with Crippen LogP contribution >= 0.6 is 0 Å². The second-order valence-electron chi connectivity index (χ2n) is 8.21. The van der Waals surface area contributed by atoms with Crippen molar-refractivity contribution in [2.24, 2.45) is 5.92 Å². The monoisotopic (exact) mass is 494 g/mol. The number of hydrogen-bond acceptors (Lipinski definition) is 0. The van der Waals surface area contributed by atoms with Gasteiger partial charge in [0.15, 0.2) is 0 Å². The molecule has 0 nitrogen and oxygen atoms in total. The molecule has 1 atom stereocenters. The van der Waals surface area contributed by atoms with Crippen LogP contribution in [-0.4, -0.2) is 10.9 Å². The van der Waals surface area contributed by atoms with Gasteiger partial charge in [-0.15, -0.1) is 0 Å². The molecule has 2 bridgehead atoms. The Bertz CT molecular complexity index is 924. The first-order chi connectivity index (χ1) is 11.7. The van der Waals surface area contributed by atoms with Crippen molar-refractivity contribution in [1.82, 2.24) is 0 Å². The van der Waals surface area contributed by atoms with E-state index < -0.39 is 17.5 Å². The topological polar surface area (TPSA) is 0 Å². The third-order valence-corrected chi connectivity index (χ3v) is 64.3. The third-order valence-electron chi connectivity index (χ3n) is 6.91. The van der Waals surface area contributed by atoms with Gasteiger partial charge < -0.3 is 24.8 Å². The van der Waals surface area contributed by atoms with Gasteiger partial charge in [-0.25, -0.2) is 0 Å². The first-order valence-electron chi connectivity index (χ1n) is 9.60. The molecule has 0 N–H and O–H groups in total. The van der Waals surface area contributed by atoms with Crippen molar-refractivity contribution >= 4 is 16.9 Å². The second-order valence-corrected chi connectivity index (χ2v) is 42.4. The Labute approximate surface area is 174 Å². The second kappa shape index (κ2) is 7.99. The molecule has 0 aromatic heterocycles. The summed E-state index contributed by atoms with van der Waals surface area (Å²) < 4.78 is 2.98. The van der Waals surface area contributed by atoms with E-state index in [1.807, 2.05) is 0 Å². The maximum absolute atomic E-state index is 2.75. The third kappa shape index (κ3) is 2.92. The van der Waals surface area contributed by atoms with Crippen LogP contribution in [0.1, 0.15) is 35.0 Å². The molecule has 2 heterocycles. The molecule has 5 heteroatoms. The Hall–Kier alpha value is 0.337. The molecule has 1 unspecified atom stereocenters. The minimum atomic E-state index is -2.24. The van der Waals surface area contributed by atoms with Crippen molar-refractivity contribution in [3.63, 3.8) is 0 Å². The van der Waals surface area contributed by atoms with Crippen LogP contribution in [0.2, 0.25) is 24.2 Å². The maximum atomic E-state index is 2.75. The Morgan fingerprint density at radius 3 is 2.27 bits per heavy atom. The molecule has 1 aromatic rings. The largest absolute Gasteiger partial charge is 1.00 e. The molecular formula is C21H26Cl2Si2Zr. The van der Waals surface area contributed by atoms with Gasteiger partial charge in [-0.3, -0.25) is 0 Å². The fourth-order valence-electron chi connectivity index (χ4n) is 5.84. The van der Waals surface area contributed by atoms with Crippen LogP contribution in [0.25, 0.3) is 6.08 Å². The molecule has 5 rings (SSSR count). The van der Waals surface area contributed by atoms with Crippen molar-refractivity contribution in [3.05, 3.63) is 62.5 Å². The van der Waals surface area contributed by atoms with Crippen molar-refractivity contribution in [3.8, 4) is 0 Å². The van der Waals surface area contributed by atoms with Gasteiger partial charge in [-0.2, -0.15) is 0 Å². The van der Waals surface area contributed by atoms with E-state index in [0.29, 0.717) is 5.92 Å². The van der Waals surface area contributed by atoms with E-state index in [4.69, 9.17) is 0 Å². The normalized spacial score (nSPS) is 21.9. The Morgan fingerprint density at radius 1 is 1.00 bits per heavy atom. The number of halogens is 2. The summed E-state index contributed by atoms with van der Waals surface area (Å²) in [6.07, 6.45) is 11.9. The molecule has 0 spiro atoms. The molecule has 0 fully saturated rings. The van der Waals surface area contributed by atoms with Crippen LogP contribution in [0.4, 0.5) is 0 Å². The average molecular weight is 497 g/mol. The van der Waals surface area contributed by atoms with Crippen LogP contribution in [0, 0.1) is 5.92 Å². The predicted octanol–water partition coefficient (Wildman–Crippen LogP) is -0.203. The van der Waals surface area contributed by atoms with E-state index in [1.54, 1.807) is 40.9 Å². The smallest absolute Gasteiger partial charge is 1.00 e. The summed E-state index contributed by atoms with van der Waals surface area (Å²) in [5.74, 6) is 0.714. The van der Waals surface area contributed by atoms with E-state index in [2.05, 4.69) is 65.7 Å². The van der Waals surface area contributed by atoms with Gasteiger partial charge >= 0.3 is 151 Å². The molecule has 0 radical (unpaired) electrons. The van der Waals surface area contributed by atoms with Crippen LogP contribution in [0.15, 0.2) is 51.3 Å². The van der Waals surface area contributed by atoms with Crippen molar-refractivity contribution in [2.75, 3.05) is 0 Å². The quantitative estimate of drug-likeness (QED) is 0.509. The van der Waals surface area contributed by atoms with E-state index in [-0.39, 0.29) is 35.7 Å². The molecular weight excluding hydrogens is 471 g/mol. The van der Waals surface area contributed by atoms with Gasteiger partial charge in [0.25, 0.3) is 0 Å². The molecule has 2 aliphatic carbocycles. The van der Waals surface area contributed by atoms with Gasteiger partial charge in [-0.1, -0.05) is 0 Å². The first kappa shape index (κ1) is 21.1. The van der Waals surface area contributed by atoms with Gasteiger partial charge in [-0.05, 0) is 0 Å². The van der Waals surface area contributed by atoms with Crippen molar-refractivity contribution in [1.29, 1.82) is 0 Å². The molecule has 0 saturated heterocycles. The molecule has 26 heavy (non-hydrogen) atoms. The number of fused-ring (bicyclic) bond motifs is 1. The van der Waals surface area contributed by atoms with Crippen LogP contribution in [0.5, 0.6) is 0 Å². The Balaban J connectivity index is 0.000000980. The number of hydrogen-bond donors (Lipinski definition) is 0. The van der Waals surface area contributed by atoms with Gasteiger partial charge in [0.1, 0.15) is 0 Å². The van der Waals surface area contributed by atoms with Crippen LogP contribution < -0.4 is 24.8 Å². The van der Waals surface area contributed by atoms with Gasteiger partial charge in [0.2, 0.25) is 0 Å². The maximum Gasteiger partial charge on any atom is -1.00 e. The van der Waals surface area contributed by atoms with E-state index in [0.717, 1.165) is 3.63 Å². The number of allylic oxidation sites excluding steroid dienone is 5. The van der Waals surface area contributed by atoms with Gasteiger partial charge in [0, 0.05) is 0 Å². The first-order valence-corrected chi connectivity index (χ1v) is 23.4. The molecule has 1 aromatic carbocycles. The average Bonchev–Trinajstić information content (AvgIpc) is 3.35. The summed E-state index contributed by atoms with van der Waals surface area (Å²) in [4.78, 5) is 0. The van der Waals surface area contributed by atoms with Crippen LogP contribution in [0.3, 0.4) is 0 Å². The van der Waals surface area contributed by atoms with Crippen LogP contribution in [-0.2, 0) is 17.5 Å². The van der Waals surface area contributed by atoms with E-state index in [9.17, 15) is 0 Å². The summed E-state index contributed by atoms with van der Waals surface area (Å²) in [5.41, 5.74) is 4.89. The SMILES string of the molecule is CC(C)C1=CC[C]([Zr+2]2([CH]3C=Cc4ccccc43)=[Si]3CC[Si]=2CC3)=C1.[Cl-].[Cl-]. The van der Waals surface area contributed by atoms with E-state index >= 15 is 0 Å². The minimum Gasteiger partial charge on any atom is -1.00 e.